The summed E-state index contributed by atoms with van der Waals surface area (Å²) >= 11 is 0. The van der Waals surface area contributed by atoms with Gasteiger partial charge in [-0.1, -0.05) is 146 Å². The Hall–Kier alpha value is -3.81. The highest BCUT2D eigenvalue weighted by Gasteiger charge is 2.45. The Kier molecular flexibility index (Phi) is 10.4. The smallest absolute Gasteiger partial charge is 0.143 e. The average Bonchev–Trinajstić information content (AvgIpc) is 3.09. The topological polar surface area (TPSA) is 9.23 Å². The Bertz CT molecular complexity index is 1320. The first-order valence-electron chi connectivity index (χ1n) is 14.7. The van der Waals surface area contributed by atoms with Gasteiger partial charge < -0.3 is 21.7 Å². The van der Waals surface area contributed by atoms with Crippen LogP contribution in [0.5, 0.6) is 0 Å². The third-order valence-corrected chi connectivity index (χ3v) is 12.6. The number of hydrogen-bond acceptors (Lipinski definition) is 1. The minimum absolute atomic E-state index is 0. The van der Waals surface area contributed by atoms with E-state index in [0.29, 0.717) is 6.61 Å². The van der Waals surface area contributed by atoms with Crippen molar-refractivity contribution < 1.29 is 21.7 Å². The van der Waals surface area contributed by atoms with Crippen LogP contribution in [-0.2, 0) is 10.3 Å². The molecule has 0 amide bonds. The summed E-state index contributed by atoms with van der Waals surface area (Å²) < 4.78 is 7.21. The molecular weight excluding hydrogens is 607 g/mol. The highest BCUT2D eigenvalue weighted by atomic mass is 79.9. The van der Waals surface area contributed by atoms with Crippen LogP contribution in [0, 0.1) is 0 Å². The summed E-state index contributed by atoms with van der Waals surface area (Å²) in [5.41, 5.74) is 2.70. The lowest BCUT2D eigenvalue weighted by Crippen LogP contribution is -3.00. The summed E-state index contributed by atoms with van der Waals surface area (Å²) in [6.07, 6.45) is 1.93. The van der Waals surface area contributed by atoms with Gasteiger partial charge in [0.15, 0.2) is 0 Å². The zero-order valence-corrected chi connectivity index (χ0v) is 26.7. The van der Waals surface area contributed by atoms with Crippen LogP contribution in [0.1, 0.15) is 23.1 Å². The van der Waals surface area contributed by atoms with Gasteiger partial charge in [-0.2, -0.15) is 0 Å². The SMILES string of the molecule is [Br-].c1ccc(C(OCCC[P+](c2ccccc2)(c2ccccc2)c2ccccc2)(c2ccccc2)c2ccccc2)cc1. The average molecular weight is 644 g/mol. The van der Waals surface area contributed by atoms with Gasteiger partial charge in [0.2, 0.25) is 0 Å². The predicted octanol–water partition coefficient (Wildman–Crippen LogP) is 5.38. The molecule has 214 valence electrons. The lowest BCUT2D eigenvalue weighted by molar-refractivity contribution is -0.0000154. The number of rotatable bonds is 11. The Morgan fingerprint density at radius 1 is 0.395 bits per heavy atom. The summed E-state index contributed by atoms with van der Waals surface area (Å²) in [4.78, 5) is 0. The van der Waals surface area contributed by atoms with Gasteiger partial charge in [-0.25, -0.2) is 0 Å². The Morgan fingerprint density at radius 3 is 0.977 bits per heavy atom. The summed E-state index contributed by atoms with van der Waals surface area (Å²) in [7, 11) is -1.93. The molecule has 0 aliphatic carbocycles. The molecule has 0 saturated heterocycles. The van der Waals surface area contributed by atoms with Crippen molar-refractivity contribution in [2.24, 2.45) is 0 Å². The van der Waals surface area contributed by atoms with E-state index < -0.39 is 12.9 Å². The van der Waals surface area contributed by atoms with E-state index in [1.165, 1.54) is 15.9 Å². The summed E-state index contributed by atoms with van der Waals surface area (Å²) in [5, 5.41) is 4.22. The summed E-state index contributed by atoms with van der Waals surface area (Å²) in [6.45, 7) is 0.618. The molecule has 3 heteroatoms. The highest BCUT2D eigenvalue weighted by Crippen LogP contribution is 2.56. The van der Waals surface area contributed by atoms with E-state index in [1.807, 2.05) is 0 Å². The second kappa shape index (κ2) is 14.6. The van der Waals surface area contributed by atoms with Crippen molar-refractivity contribution in [2.45, 2.75) is 12.0 Å². The first kappa shape index (κ1) is 30.6. The Labute approximate surface area is 267 Å². The maximum absolute atomic E-state index is 7.21. The maximum atomic E-state index is 7.21. The molecule has 6 aromatic carbocycles. The number of ether oxygens (including phenoxy) is 1. The number of benzene rings is 6. The molecule has 0 fully saturated rings. The molecule has 6 aromatic rings. The normalized spacial score (nSPS) is 11.4. The fraction of sp³-hybridized carbons (Fsp3) is 0.100. The molecule has 0 aliphatic heterocycles. The molecular formula is C40H36BrOP. The van der Waals surface area contributed by atoms with Crippen molar-refractivity contribution in [3.63, 3.8) is 0 Å². The van der Waals surface area contributed by atoms with Crippen molar-refractivity contribution in [1.82, 2.24) is 0 Å². The molecule has 6 rings (SSSR count). The number of halogens is 1. The van der Waals surface area contributed by atoms with Gasteiger partial charge >= 0.3 is 0 Å². The van der Waals surface area contributed by atoms with Gasteiger partial charge in [0.25, 0.3) is 0 Å². The first-order valence-corrected chi connectivity index (χ1v) is 16.7. The van der Waals surface area contributed by atoms with Crippen molar-refractivity contribution in [3.8, 4) is 0 Å². The van der Waals surface area contributed by atoms with Crippen LogP contribution in [0.4, 0.5) is 0 Å². The molecule has 0 radical (unpaired) electrons. The molecule has 43 heavy (non-hydrogen) atoms. The Balaban J connectivity index is 0.00000368. The van der Waals surface area contributed by atoms with Crippen molar-refractivity contribution in [1.29, 1.82) is 0 Å². The molecule has 0 spiro atoms. The lowest BCUT2D eigenvalue weighted by atomic mass is 9.80. The zero-order chi connectivity index (χ0) is 28.5. The predicted molar refractivity (Wildman–Crippen MR) is 180 cm³/mol. The Morgan fingerprint density at radius 2 is 0.674 bits per heavy atom. The fourth-order valence-electron chi connectivity index (χ4n) is 6.18. The minimum Gasteiger partial charge on any atom is -1.00 e. The van der Waals surface area contributed by atoms with E-state index in [-0.39, 0.29) is 17.0 Å². The molecule has 0 saturated carbocycles. The molecule has 1 nitrogen and oxygen atoms in total. The van der Waals surface area contributed by atoms with Crippen LogP contribution in [0.25, 0.3) is 0 Å². The molecule has 0 bridgehead atoms. The van der Waals surface area contributed by atoms with Gasteiger partial charge in [-0.15, -0.1) is 0 Å². The van der Waals surface area contributed by atoms with Crippen LogP contribution in [0.3, 0.4) is 0 Å². The molecule has 0 atom stereocenters. The van der Waals surface area contributed by atoms with E-state index in [2.05, 4.69) is 182 Å². The van der Waals surface area contributed by atoms with Gasteiger partial charge in [-0.3, -0.25) is 0 Å². The van der Waals surface area contributed by atoms with E-state index in [9.17, 15) is 0 Å². The van der Waals surface area contributed by atoms with Crippen molar-refractivity contribution in [2.75, 3.05) is 12.8 Å². The fourth-order valence-corrected chi connectivity index (χ4v) is 10.5. The highest BCUT2D eigenvalue weighted by molar-refractivity contribution is 7.95. The van der Waals surface area contributed by atoms with Crippen LogP contribution in [0.2, 0.25) is 0 Å². The summed E-state index contributed by atoms with van der Waals surface area (Å²) in [5.74, 6) is 0. The molecule has 0 N–H and O–H groups in total. The molecule has 0 aliphatic rings. The van der Waals surface area contributed by atoms with E-state index >= 15 is 0 Å². The van der Waals surface area contributed by atoms with Crippen LogP contribution >= 0.6 is 7.26 Å². The van der Waals surface area contributed by atoms with Gasteiger partial charge in [0.1, 0.15) is 28.8 Å². The second-order valence-corrected chi connectivity index (χ2v) is 14.1. The first-order chi connectivity index (χ1) is 20.8. The standard InChI is InChI=1S/C40H36OP.BrH/c1-7-20-34(21-8-1)40(35-22-9-2-10-23-35,36-24-11-3-12-25-36)41-32-19-33-42(37-26-13-4-14-27-37,38-28-15-5-16-29-38)39-30-17-6-18-31-39;/h1-18,20-31H,19,32-33H2;1H/q+1;/p-1. The van der Waals surface area contributed by atoms with E-state index in [0.717, 1.165) is 29.3 Å². The van der Waals surface area contributed by atoms with E-state index in [1.54, 1.807) is 0 Å². The quantitative estimate of drug-likeness (QED) is 0.105. The zero-order valence-electron chi connectivity index (χ0n) is 24.2. The van der Waals surface area contributed by atoms with Crippen LogP contribution in [-0.4, -0.2) is 12.8 Å². The largest absolute Gasteiger partial charge is 1.00 e. The van der Waals surface area contributed by atoms with Crippen molar-refractivity contribution in [3.05, 3.63) is 199 Å². The molecule has 0 heterocycles. The van der Waals surface area contributed by atoms with Gasteiger partial charge in [0.05, 0.1) is 12.8 Å². The maximum Gasteiger partial charge on any atom is 0.143 e. The van der Waals surface area contributed by atoms with Crippen LogP contribution < -0.4 is 32.9 Å². The monoisotopic (exact) mass is 642 g/mol. The third kappa shape index (κ3) is 6.29. The number of hydrogen-bond donors (Lipinski definition) is 0. The second-order valence-electron chi connectivity index (χ2n) is 10.5. The van der Waals surface area contributed by atoms with Crippen molar-refractivity contribution >= 4 is 23.2 Å². The van der Waals surface area contributed by atoms with Gasteiger partial charge in [0, 0.05) is 6.42 Å². The molecule has 0 unspecified atom stereocenters. The van der Waals surface area contributed by atoms with E-state index in [4.69, 9.17) is 4.74 Å². The minimum atomic E-state index is -1.93. The van der Waals surface area contributed by atoms with Gasteiger partial charge in [-0.05, 0) is 53.1 Å². The molecule has 0 aromatic heterocycles. The third-order valence-electron chi connectivity index (χ3n) is 8.09. The lowest BCUT2D eigenvalue weighted by Gasteiger charge is -2.36. The summed E-state index contributed by atoms with van der Waals surface area (Å²) in [6, 6.07) is 65.3. The van der Waals surface area contributed by atoms with Crippen LogP contribution in [0.15, 0.2) is 182 Å².